The van der Waals surface area contributed by atoms with Crippen molar-refractivity contribution < 1.29 is 4.79 Å². The summed E-state index contributed by atoms with van der Waals surface area (Å²) >= 11 is 0. The van der Waals surface area contributed by atoms with Crippen LogP contribution in [0.3, 0.4) is 0 Å². The van der Waals surface area contributed by atoms with Crippen LogP contribution in [0.1, 0.15) is 58.8 Å². The van der Waals surface area contributed by atoms with Crippen molar-refractivity contribution in [1.29, 1.82) is 0 Å². The van der Waals surface area contributed by atoms with Gasteiger partial charge in [0, 0.05) is 6.54 Å². The van der Waals surface area contributed by atoms with Gasteiger partial charge in [-0.1, -0.05) is 45.4 Å². The number of carbonyl (C=O) groups is 1. The monoisotopic (exact) mass is 242 g/mol. The lowest BCUT2D eigenvalue weighted by Gasteiger charge is -2.18. The van der Waals surface area contributed by atoms with Crippen molar-refractivity contribution in [3.05, 3.63) is 0 Å². The minimum absolute atomic E-state index is 0.0282. The van der Waals surface area contributed by atoms with Crippen LogP contribution in [0.2, 0.25) is 0 Å². The number of likely N-dealkylation sites (N-methyl/N-ethyl adjacent to an activating group) is 1. The summed E-state index contributed by atoms with van der Waals surface area (Å²) in [6, 6.07) is -0.0282. The van der Waals surface area contributed by atoms with E-state index < -0.39 is 0 Å². The number of carbonyl (C=O) groups excluding carboxylic acids is 1. The number of amides is 1. The molecule has 1 N–H and O–H groups in total. The number of hydrogen-bond acceptors (Lipinski definition) is 2. The summed E-state index contributed by atoms with van der Waals surface area (Å²) in [5.74, 6) is 0.140. The molecule has 0 bridgehead atoms. The minimum atomic E-state index is -0.0282. The average molecular weight is 242 g/mol. The van der Waals surface area contributed by atoms with Crippen LogP contribution in [-0.2, 0) is 4.79 Å². The van der Waals surface area contributed by atoms with Crippen molar-refractivity contribution in [2.45, 2.75) is 64.8 Å². The van der Waals surface area contributed by atoms with Crippen LogP contribution in [0.15, 0.2) is 0 Å². The van der Waals surface area contributed by atoms with E-state index in [1.54, 1.807) is 0 Å². The summed E-state index contributed by atoms with van der Waals surface area (Å²) in [6.07, 6.45) is 9.02. The summed E-state index contributed by atoms with van der Waals surface area (Å²) in [7, 11) is 3.86. The third kappa shape index (κ3) is 9.16. The van der Waals surface area contributed by atoms with E-state index in [0.29, 0.717) is 0 Å². The smallest absolute Gasteiger partial charge is 0.237 e. The molecule has 3 nitrogen and oxygen atoms in total. The summed E-state index contributed by atoms with van der Waals surface area (Å²) in [6.45, 7) is 4.99. The summed E-state index contributed by atoms with van der Waals surface area (Å²) in [5.41, 5.74) is 0. The van der Waals surface area contributed by atoms with Crippen LogP contribution < -0.4 is 5.32 Å². The van der Waals surface area contributed by atoms with Gasteiger partial charge < -0.3 is 5.32 Å². The first-order chi connectivity index (χ1) is 8.09. The van der Waals surface area contributed by atoms with Crippen molar-refractivity contribution in [3.8, 4) is 0 Å². The van der Waals surface area contributed by atoms with Crippen LogP contribution in [0.5, 0.6) is 0 Å². The number of rotatable bonds is 10. The molecule has 0 aliphatic rings. The van der Waals surface area contributed by atoms with E-state index in [2.05, 4.69) is 12.2 Å². The summed E-state index contributed by atoms with van der Waals surface area (Å²) < 4.78 is 0. The predicted octanol–water partition coefficient (Wildman–Crippen LogP) is 2.80. The van der Waals surface area contributed by atoms with E-state index in [1.807, 2.05) is 25.9 Å². The second kappa shape index (κ2) is 10.6. The minimum Gasteiger partial charge on any atom is -0.355 e. The average Bonchev–Trinajstić information content (AvgIpc) is 2.31. The van der Waals surface area contributed by atoms with Gasteiger partial charge in [0.15, 0.2) is 0 Å². The number of nitrogens with one attached hydrogen (secondary N) is 1. The normalized spacial score (nSPS) is 12.8. The second-order valence-corrected chi connectivity index (χ2v) is 5.05. The van der Waals surface area contributed by atoms with Crippen molar-refractivity contribution in [3.63, 3.8) is 0 Å². The fraction of sp³-hybridized carbons (Fsp3) is 0.929. The Morgan fingerprint density at radius 2 is 1.59 bits per heavy atom. The maximum Gasteiger partial charge on any atom is 0.237 e. The van der Waals surface area contributed by atoms with E-state index in [4.69, 9.17) is 0 Å². The molecule has 0 aromatic rings. The van der Waals surface area contributed by atoms with E-state index in [-0.39, 0.29) is 11.9 Å². The Hall–Kier alpha value is -0.570. The fourth-order valence-electron chi connectivity index (χ4n) is 1.68. The fourth-order valence-corrected chi connectivity index (χ4v) is 1.68. The maximum absolute atomic E-state index is 11.6. The van der Waals surface area contributed by atoms with Crippen LogP contribution >= 0.6 is 0 Å². The predicted molar refractivity (Wildman–Crippen MR) is 74.2 cm³/mol. The molecule has 0 saturated carbocycles. The third-order valence-electron chi connectivity index (χ3n) is 3.23. The zero-order valence-corrected chi connectivity index (χ0v) is 12.1. The highest BCUT2D eigenvalue weighted by Gasteiger charge is 2.13. The van der Waals surface area contributed by atoms with Crippen molar-refractivity contribution in [2.24, 2.45) is 0 Å². The highest BCUT2D eigenvalue weighted by Crippen LogP contribution is 2.06. The molecule has 1 amide bonds. The zero-order valence-electron chi connectivity index (χ0n) is 12.1. The van der Waals surface area contributed by atoms with Crippen molar-refractivity contribution >= 4 is 5.91 Å². The molecule has 1 atom stereocenters. The van der Waals surface area contributed by atoms with Crippen molar-refractivity contribution in [1.82, 2.24) is 10.2 Å². The lowest BCUT2D eigenvalue weighted by Crippen LogP contribution is -2.41. The maximum atomic E-state index is 11.6. The van der Waals surface area contributed by atoms with Gasteiger partial charge in [-0.2, -0.15) is 0 Å². The topological polar surface area (TPSA) is 32.3 Å². The van der Waals surface area contributed by atoms with E-state index in [0.717, 1.165) is 13.0 Å². The van der Waals surface area contributed by atoms with Gasteiger partial charge in [0.1, 0.15) is 0 Å². The van der Waals surface area contributed by atoms with Crippen LogP contribution in [0, 0.1) is 0 Å². The Morgan fingerprint density at radius 3 is 2.12 bits per heavy atom. The molecule has 1 unspecified atom stereocenters. The molecule has 0 aliphatic heterocycles. The van der Waals surface area contributed by atoms with E-state index in [9.17, 15) is 4.79 Å². The van der Waals surface area contributed by atoms with Gasteiger partial charge in [0.2, 0.25) is 5.91 Å². The Balaban J connectivity index is 3.31. The molecule has 17 heavy (non-hydrogen) atoms. The molecule has 0 aromatic carbocycles. The van der Waals surface area contributed by atoms with Gasteiger partial charge in [-0.25, -0.2) is 0 Å². The molecule has 3 heteroatoms. The Labute approximate surface area is 107 Å². The highest BCUT2D eigenvalue weighted by molar-refractivity contribution is 5.81. The van der Waals surface area contributed by atoms with Gasteiger partial charge >= 0.3 is 0 Å². The first kappa shape index (κ1) is 16.4. The first-order valence-corrected chi connectivity index (χ1v) is 7.03. The van der Waals surface area contributed by atoms with Crippen LogP contribution in [-0.4, -0.2) is 37.5 Å². The molecule has 0 radical (unpaired) electrons. The third-order valence-corrected chi connectivity index (χ3v) is 3.23. The van der Waals surface area contributed by atoms with Gasteiger partial charge in [-0.3, -0.25) is 9.69 Å². The van der Waals surface area contributed by atoms with E-state index in [1.165, 1.54) is 38.5 Å². The summed E-state index contributed by atoms with van der Waals surface area (Å²) in [4.78, 5) is 13.5. The molecular weight excluding hydrogens is 212 g/mol. The Kier molecular flexibility index (Phi) is 10.2. The zero-order chi connectivity index (χ0) is 13.1. The number of nitrogens with zero attached hydrogens (tertiary/aromatic N) is 1. The second-order valence-electron chi connectivity index (χ2n) is 5.05. The quantitative estimate of drug-likeness (QED) is 0.597. The van der Waals surface area contributed by atoms with Gasteiger partial charge in [0.05, 0.1) is 6.04 Å². The molecule has 0 saturated heterocycles. The molecule has 0 fully saturated rings. The molecule has 0 aliphatic carbocycles. The largest absolute Gasteiger partial charge is 0.355 e. The molecule has 0 rings (SSSR count). The highest BCUT2D eigenvalue weighted by atomic mass is 16.2. The lowest BCUT2D eigenvalue weighted by molar-refractivity contribution is -0.124. The number of hydrogen-bond donors (Lipinski definition) is 1. The van der Waals surface area contributed by atoms with Crippen LogP contribution in [0.4, 0.5) is 0 Å². The summed E-state index contributed by atoms with van der Waals surface area (Å²) in [5, 5.41) is 2.99. The lowest BCUT2D eigenvalue weighted by atomic mass is 10.1. The van der Waals surface area contributed by atoms with Crippen LogP contribution in [0.25, 0.3) is 0 Å². The number of unbranched alkanes of at least 4 members (excludes halogenated alkanes) is 6. The molecular formula is C14H30N2O. The molecule has 0 spiro atoms. The Bertz CT molecular complexity index is 193. The van der Waals surface area contributed by atoms with Gasteiger partial charge in [-0.15, -0.1) is 0 Å². The standard InChI is InChI=1S/C14H30N2O/c1-5-6-7-8-9-10-11-12-15-14(17)13(2)16(3)4/h13H,5-12H2,1-4H3,(H,15,17). The first-order valence-electron chi connectivity index (χ1n) is 7.03. The SMILES string of the molecule is CCCCCCCCCNC(=O)C(C)N(C)C. The van der Waals surface area contributed by atoms with E-state index >= 15 is 0 Å². The van der Waals surface area contributed by atoms with Gasteiger partial charge in [-0.05, 0) is 27.4 Å². The molecule has 102 valence electrons. The molecule has 0 aromatic heterocycles. The molecule has 0 heterocycles. The van der Waals surface area contributed by atoms with Crippen molar-refractivity contribution in [2.75, 3.05) is 20.6 Å². The Morgan fingerprint density at radius 1 is 1.06 bits per heavy atom. The van der Waals surface area contributed by atoms with Gasteiger partial charge in [0.25, 0.3) is 0 Å².